The third-order valence-electron chi connectivity index (χ3n) is 3.33. The first-order valence-electron chi connectivity index (χ1n) is 6.14. The van der Waals surface area contributed by atoms with Crippen molar-refractivity contribution in [1.82, 2.24) is 0 Å². The number of methoxy groups -OCH3 is 3. The molecule has 1 aromatic rings. The minimum atomic E-state index is -0.0382. The normalized spacial score (nSPS) is 13.2. The van der Waals surface area contributed by atoms with E-state index in [0.717, 1.165) is 12.0 Å². The van der Waals surface area contributed by atoms with E-state index in [9.17, 15) is 0 Å². The maximum absolute atomic E-state index is 6.24. The Hall–Kier alpha value is -1.13. The van der Waals surface area contributed by atoms with Gasteiger partial charge in [-0.15, -0.1) is 12.4 Å². The second-order valence-electron chi connectivity index (χ2n) is 4.37. The molecular weight excluding hydrogens is 266 g/mol. The van der Waals surface area contributed by atoms with Crippen LogP contribution in [0.25, 0.3) is 0 Å². The van der Waals surface area contributed by atoms with E-state index in [0.29, 0.717) is 23.2 Å². The van der Waals surface area contributed by atoms with Crippen LogP contribution < -0.4 is 19.9 Å². The molecule has 110 valence electrons. The van der Waals surface area contributed by atoms with E-state index >= 15 is 0 Å². The van der Waals surface area contributed by atoms with Crippen LogP contribution in [0.1, 0.15) is 31.9 Å². The second kappa shape index (κ2) is 8.12. The quantitative estimate of drug-likeness (QED) is 0.874. The molecule has 0 fully saturated rings. The Kier molecular flexibility index (Phi) is 7.64. The van der Waals surface area contributed by atoms with Gasteiger partial charge in [0.1, 0.15) is 0 Å². The highest BCUT2D eigenvalue weighted by Crippen LogP contribution is 2.40. The van der Waals surface area contributed by atoms with Gasteiger partial charge in [-0.3, -0.25) is 0 Å². The van der Waals surface area contributed by atoms with Gasteiger partial charge in [0, 0.05) is 6.04 Å². The van der Waals surface area contributed by atoms with Crippen LogP contribution >= 0.6 is 12.4 Å². The molecule has 0 bridgehead atoms. The fourth-order valence-electron chi connectivity index (χ4n) is 1.88. The van der Waals surface area contributed by atoms with Crippen LogP contribution in [-0.2, 0) is 0 Å². The number of ether oxygens (including phenoxy) is 3. The van der Waals surface area contributed by atoms with Gasteiger partial charge in [-0.25, -0.2) is 0 Å². The summed E-state index contributed by atoms with van der Waals surface area (Å²) >= 11 is 0. The minimum absolute atomic E-state index is 0. The molecule has 2 N–H and O–H groups in total. The van der Waals surface area contributed by atoms with Crippen LogP contribution in [0.5, 0.6) is 17.2 Å². The molecule has 4 nitrogen and oxygen atoms in total. The van der Waals surface area contributed by atoms with Crippen molar-refractivity contribution in [2.45, 2.75) is 26.3 Å². The topological polar surface area (TPSA) is 53.7 Å². The van der Waals surface area contributed by atoms with E-state index in [1.54, 1.807) is 21.3 Å². The van der Waals surface area contributed by atoms with E-state index in [1.807, 2.05) is 12.1 Å². The lowest BCUT2D eigenvalue weighted by Gasteiger charge is -2.21. The first kappa shape index (κ1) is 17.9. The summed E-state index contributed by atoms with van der Waals surface area (Å²) in [7, 11) is 4.81. The van der Waals surface area contributed by atoms with Crippen molar-refractivity contribution in [3.63, 3.8) is 0 Å². The molecular formula is C14H24ClNO3. The number of benzene rings is 1. The minimum Gasteiger partial charge on any atom is -0.493 e. The molecule has 2 atom stereocenters. The smallest absolute Gasteiger partial charge is 0.203 e. The molecule has 0 spiro atoms. The first-order chi connectivity index (χ1) is 8.58. The number of halogens is 1. The van der Waals surface area contributed by atoms with E-state index in [-0.39, 0.29) is 18.4 Å². The molecule has 0 aliphatic heterocycles. The average molecular weight is 290 g/mol. The summed E-state index contributed by atoms with van der Waals surface area (Å²) in [5, 5.41) is 0. The molecule has 5 heteroatoms. The van der Waals surface area contributed by atoms with E-state index in [2.05, 4.69) is 13.8 Å². The van der Waals surface area contributed by atoms with Gasteiger partial charge in [-0.2, -0.15) is 0 Å². The number of rotatable bonds is 6. The van der Waals surface area contributed by atoms with Gasteiger partial charge < -0.3 is 19.9 Å². The lowest BCUT2D eigenvalue weighted by molar-refractivity contribution is 0.322. The molecule has 19 heavy (non-hydrogen) atoms. The van der Waals surface area contributed by atoms with Crippen molar-refractivity contribution >= 4 is 12.4 Å². The number of hydrogen-bond donors (Lipinski definition) is 1. The van der Waals surface area contributed by atoms with Gasteiger partial charge in [0.25, 0.3) is 0 Å². The largest absolute Gasteiger partial charge is 0.493 e. The molecule has 1 unspecified atom stereocenters. The van der Waals surface area contributed by atoms with Crippen LogP contribution in [0.15, 0.2) is 12.1 Å². The van der Waals surface area contributed by atoms with Crippen molar-refractivity contribution in [2.24, 2.45) is 11.7 Å². The molecule has 1 aromatic carbocycles. The molecule has 0 heterocycles. The van der Waals surface area contributed by atoms with Gasteiger partial charge in [-0.1, -0.05) is 20.3 Å². The Morgan fingerprint density at radius 2 is 1.53 bits per heavy atom. The van der Waals surface area contributed by atoms with Crippen molar-refractivity contribution in [1.29, 1.82) is 0 Å². The van der Waals surface area contributed by atoms with Gasteiger partial charge in [0.2, 0.25) is 5.75 Å². The summed E-state index contributed by atoms with van der Waals surface area (Å²) in [5.41, 5.74) is 7.23. The van der Waals surface area contributed by atoms with Crippen molar-refractivity contribution in [3.8, 4) is 17.2 Å². The molecule has 0 aliphatic rings. The lowest BCUT2D eigenvalue weighted by atomic mass is 9.93. The fraction of sp³-hybridized carbons (Fsp3) is 0.571. The third-order valence-corrected chi connectivity index (χ3v) is 3.33. The molecule has 0 saturated heterocycles. The Labute approximate surface area is 121 Å². The Morgan fingerprint density at radius 1 is 1.05 bits per heavy atom. The molecule has 0 radical (unpaired) electrons. The zero-order valence-electron chi connectivity index (χ0n) is 12.2. The highest BCUT2D eigenvalue weighted by molar-refractivity contribution is 5.85. The summed E-state index contributed by atoms with van der Waals surface area (Å²) in [5.74, 6) is 2.28. The Balaban J connectivity index is 0.00000324. The van der Waals surface area contributed by atoms with Crippen LogP contribution in [-0.4, -0.2) is 21.3 Å². The summed E-state index contributed by atoms with van der Waals surface area (Å²) in [6, 6.07) is 3.79. The van der Waals surface area contributed by atoms with Gasteiger partial charge in [0.15, 0.2) is 11.5 Å². The molecule has 0 aromatic heterocycles. The van der Waals surface area contributed by atoms with Crippen molar-refractivity contribution < 1.29 is 14.2 Å². The fourth-order valence-corrected chi connectivity index (χ4v) is 1.88. The lowest BCUT2D eigenvalue weighted by Crippen LogP contribution is -2.18. The highest BCUT2D eigenvalue weighted by atomic mass is 35.5. The number of nitrogens with two attached hydrogens (primary N) is 1. The second-order valence-corrected chi connectivity index (χ2v) is 4.37. The van der Waals surface area contributed by atoms with E-state index in [4.69, 9.17) is 19.9 Å². The highest BCUT2D eigenvalue weighted by Gasteiger charge is 2.19. The Bertz CT molecular complexity index is 373. The van der Waals surface area contributed by atoms with Crippen LogP contribution in [0.3, 0.4) is 0 Å². The predicted octanol–water partition coefficient (Wildman–Crippen LogP) is 3.18. The van der Waals surface area contributed by atoms with Crippen LogP contribution in [0.2, 0.25) is 0 Å². The summed E-state index contributed by atoms with van der Waals surface area (Å²) in [6.07, 6.45) is 1.03. The maximum atomic E-state index is 6.24. The van der Waals surface area contributed by atoms with Crippen molar-refractivity contribution in [3.05, 3.63) is 17.7 Å². The molecule has 0 saturated carbocycles. The third kappa shape index (κ3) is 3.91. The van der Waals surface area contributed by atoms with Crippen molar-refractivity contribution in [2.75, 3.05) is 21.3 Å². The van der Waals surface area contributed by atoms with Gasteiger partial charge in [0.05, 0.1) is 21.3 Å². The monoisotopic (exact) mass is 289 g/mol. The number of hydrogen-bond acceptors (Lipinski definition) is 4. The molecule has 0 amide bonds. The zero-order chi connectivity index (χ0) is 13.7. The van der Waals surface area contributed by atoms with E-state index in [1.165, 1.54) is 0 Å². The predicted molar refractivity (Wildman–Crippen MR) is 79.7 cm³/mol. The zero-order valence-corrected chi connectivity index (χ0v) is 13.0. The summed E-state index contributed by atoms with van der Waals surface area (Å²) < 4.78 is 15.9. The molecule has 1 rings (SSSR count). The van der Waals surface area contributed by atoms with Gasteiger partial charge in [-0.05, 0) is 23.6 Å². The van der Waals surface area contributed by atoms with E-state index < -0.39 is 0 Å². The summed E-state index contributed by atoms with van der Waals surface area (Å²) in [6.45, 7) is 4.26. The van der Waals surface area contributed by atoms with Gasteiger partial charge >= 0.3 is 0 Å². The standard InChI is InChI=1S/C14H23NO3.ClH/c1-6-9(2)13(15)10-7-11(16-3)14(18-5)12(8-10)17-4;/h7-9,13H,6,15H2,1-5H3;1H/t9?,13-;/m0./s1. The SMILES string of the molecule is CCC(C)[C@H](N)c1cc(OC)c(OC)c(OC)c1.Cl. The van der Waals surface area contributed by atoms with Crippen LogP contribution in [0, 0.1) is 5.92 Å². The maximum Gasteiger partial charge on any atom is 0.203 e. The summed E-state index contributed by atoms with van der Waals surface area (Å²) in [4.78, 5) is 0. The Morgan fingerprint density at radius 3 is 1.84 bits per heavy atom. The first-order valence-corrected chi connectivity index (χ1v) is 6.14. The molecule has 0 aliphatic carbocycles. The van der Waals surface area contributed by atoms with Crippen LogP contribution in [0.4, 0.5) is 0 Å². The average Bonchev–Trinajstić information content (AvgIpc) is 2.43.